The van der Waals surface area contributed by atoms with E-state index in [1.807, 2.05) is 20.8 Å². The zero-order valence-electron chi connectivity index (χ0n) is 5.71. The van der Waals surface area contributed by atoms with Gasteiger partial charge in [0, 0.05) is 5.71 Å². The molecular weight excluding hydrogens is 86.1 g/mol. The van der Waals surface area contributed by atoms with Crippen molar-refractivity contribution < 1.29 is 0 Å². The Labute approximate surface area is 46.3 Å². The highest BCUT2D eigenvalue weighted by Gasteiger charge is 1.70. The third-order valence-corrected chi connectivity index (χ3v) is 0.530. The van der Waals surface area contributed by atoms with Crippen LogP contribution in [0.15, 0.2) is 0 Å². The third kappa shape index (κ3) is 27.4. The number of nitrogens with one attached hydrogen (secondary N) is 1. The summed E-state index contributed by atoms with van der Waals surface area (Å²) in [5.74, 6) is 0. The Morgan fingerprint density at radius 3 is 1.57 bits per heavy atom. The molecule has 0 aromatic heterocycles. The largest absolute Gasteiger partial charge is 0.310 e. The van der Waals surface area contributed by atoms with E-state index in [0.29, 0.717) is 0 Å². The van der Waals surface area contributed by atoms with Crippen LogP contribution < -0.4 is 0 Å². The van der Waals surface area contributed by atoms with Crippen molar-refractivity contribution in [3.8, 4) is 0 Å². The third-order valence-electron chi connectivity index (χ3n) is 0.530. The predicted octanol–water partition coefficient (Wildman–Crippen LogP) is 2.46. The molecule has 1 heteroatoms. The van der Waals surface area contributed by atoms with E-state index >= 15 is 0 Å². The maximum atomic E-state index is 6.74. The molecule has 0 aliphatic heterocycles. The number of hydrogen-bond acceptors (Lipinski definition) is 1. The van der Waals surface area contributed by atoms with E-state index in [-0.39, 0.29) is 0 Å². The molecule has 0 radical (unpaired) electrons. The first-order chi connectivity index (χ1) is 3.27. The zero-order valence-corrected chi connectivity index (χ0v) is 5.71. The molecule has 0 heterocycles. The van der Waals surface area contributed by atoms with Crippen LogP contribution in [-0.4, -0.2) is 5.71 Å². The van der Waals surface area contributed by atoms with E-state index < -0.39 is 0 Å². The quantitative estimate of drug-likeness (QED) is 0.490. The molecule has 0 saturated carbocycles. The molecule has 1 nitrogen and oxygen atoms in total. The van der Waals surface area contributed by atoms with E-state index in [0.717, 1.165) is 12.1 Å². The number of hydrogen-bond donors (Lipinski definition) is 1. The Kier molecular flexibility index (Phi) is 12.9. The van der Waals surface area contributed by atoms with Crippen molar-refractivity contribution in [3.05, 3.63) is 0 Å². The molecule has 44 valence electrons. The second-order valence-corrected chi connectivity index (χ2v) is 1.13. The molecule has 0 bridgehead atoms. The van der Waals surface area contributed by atoms with Crippen LogP contribution in [0.25, 0.3) is 0 Å². The van der Waals surface area contributed by atoms with Crippen molar-refractivity contribution in [2.45, 2.75) is 34.1 Å². The van der Waals surface area contributed by atoms with Crippen LogP contribution in [0.4, 0.5) is 0 Å². The molecule has 0 unspecified atom stereocenters. The SMILES string of the molecule is CC.CCC(C)=N. The van der Waals surface area contributed by atoms with Crippen LogP contribution >= 0.6 is 0 Å². The van der Waals surface area contributed by atoms with Gasteiger partial charge in [0.2, 0.25) is 0 Å². The maximum absolute atomic E-state index is 6.74. The molecule has 0 aromatic carbocycles. The first kappa shape index (κ1) is 9.83. The summed E-state index contributed by atoms with van der Waals surface area (Å²) in [4.78, 5) is 0. The topological polar surface area (TPSA) is 23.9 Å². The average molecular weight is 101 g/mol. The normalized spacial score (nSPS) is 6.29. The molecule has 0 aliphatic rings. The summed E-state index contributed by atoms with van der Waals surface area (Å²) >= 11 is 0. The summed E-state index contributed by atoms with van der Waals surface area (Å²) in [5, 5.41) is 6.74. The second kappa shape index (κ2) is 9.18. The molecule has 0 aromatic rings. The molecule has 0 spiro atoms. The average Bonchev–Trinajstić information content (AvgIpc) is 1.73. The van der Waals surface area contributed by atoms with E-state index in [2.05, 4.69) is 0 Å². The van der Waals surface area contributed by atoms with E-state index in [1.165, 1.54) is 0 Å². The Morgan fingerprint density at radius 2 is 1.57 bits per heavy atom. The fourth-order valence-corrected chi connectivity index (χ4v) is 0. The summed E-state index contributed by atoms with van der Waals surface area (Å²) < 4.78 is 0. The fraction of sp³-hybridized carbons (Fsp3) is 0.833. The van der Waals surface area contributed by atoms with Crippen LogP contribution in [-0.2, 0) is 0 Å². The molecule has 0 rings (SSSR count). The van der Waals surface area contributed by atoms with Crippen molar-refractivity contribution in [1.82, 2.24) is 0 Å². The van der Waals surface area contributed by atoms with Crippen LogP contribution in [0.2, 0.25) is 0 Å². The Morgan fingerprint density at radius 1 is 1.43 bits per heavy atom. The lowest BCUT2D eigenvalue weighted by molar-refractivity contribution is 1.23. The highest BCUT2D eigenvalue weighted by Crippen LogP contribution is 1.72. The zero-order chi connectivity index (χ0) is 6.28. The van der Waals surface area contributed by atoms with Gasteiger partial charge in [-0.15, -0.1) is 0 Å². The summed E-state index contributed by atoms with van der Waals surface area (Å²) in [7, 11) is 0. The highest BCUT2D eigenvalue weighted by atomic mass is 14.4. The first-order valence-corrected chi connectivity index (χ1v) is 2.81. The minimum absolute atomic E-state index is 0.755. The highest BCUT2D eigenvalue weighted by molar-refractivity contribution is 5.77. The van der Waals surface area contributed by atoms with Crippen LogP contribution in [0.3, 0.4) is 0 Å². The van der Waals surface area contributed by atoms with Crippen LogP contribution in [0.5, 0.6) is 0 Å². The van der Waals surface area contributed by atoms with Gasteiger partial charge < -0.3 is 5.41 Å². The van der Waals surface area contributed by atoms with Gasteiger partial charge in [0.15, 0.2) is 0 Å². The van der Waals surface area contributed by atoms with Crippen molar-refractivity contribution in [2.24, 2.45) is 0 Å². The Bertz CT molecular complexity index is 39.4. The summed E-state index contributed by atoms with van der Waals surface area (Å²) in [6, 6.07) is 0. The van der Waals surface area contributed by atoms with Crippen molar-refractivity contribution in [2.75, 3.05) is 0 Å². The number of rotatable bonds is 1. The molecule has 0 saturated heterocycles. The van der Waals surface area contributed by atoms with Gasteiger partial charge in [-0.25, -0.2) is 0 Å². The monoisotopic (exact) mass is 101 g/mol. The Hall–Kier alpha value is -0.330. The molecule has 0 amide bonds. The van der Waals surface area contributed by atoms with Gasteiger partial charge in [-0.3, -0.25) is 0 Å². The summed E-state index contributed by atoms with van der Waals surface area (Å²) in [6.45, 7) is 7.78. The van der Waals surface area contributed by atoms with E-state index in [1.54, 1.807) is 6.92 Å². The smallest absolute Gasteiger partial charge is 0.00554 e. The molecule has 0 aliphatic carbocycles. The lowest BCUT2D eigenvalue weighted by Crippen LogP contribution is -1.78. The van der Waals surface area contributed by atoms with Crippen molar-refractivity contribution in [3.63, 3.8) is 0 Å². The predicted molar refractivity (Wildman–Crippen MR) is 35.0 cm³/mol. The van der Waals surface area contributed by atoms with Crippen LogP contribution in [0.1, 0.15) is 34.1 Å². The first-order valence-electron chi connectivity index (χ1n) is 2.81. The lowest BCUT2D eigenvalue weighted by Gasteiger charge is -1.77. The summed E-state index contributed by atoms with van der Waals surface area (Å²) in [5.41, 5.74) is 0.755. The van der Waals surface area contributed by atoms with Gasteiger partial charge in [-0.05, 0) is 13.3 Å². The second-order valence-electron chi connectivity index (χ2n) is 1.13. The minimum atomic E-state index is 0.755. The van der Waals surface area contributed by atoms with Gasteiger partial charge in [0.05, 0.1) is 0 Å². The Balaban J connectivity index is 0. The molecule has 7 heavy (non-hydrogen) atoms. The van der Waals surface area contributed by atoms with Crippen LogP contribution in [0, 0.1) is 5.41 Å². The molecule has 0 atom stereocenters. The minimum Gasteiger partial charge on any atom is -0.310 e. The van der Waals surface area contributed by atoms with E-state index in [4.69, 9.17) is 5.41 Å². The van der Waals surface area contributed by atoms with Gasteiger partial charge in [-0.1, -0.05) is 20.8 Å². The lowest BCUT2D eigenvalue weighted by atomic mass is 10.3. The van der Waals surface area contributed by atoms with Gasteiger partial charge >= 0.3 is 0 Å². The molecular formula is C6H15N. The standard InChI is InChI=1S/C4H9N.C2H6/c1-3-4(2)5;1-2/h5H,3H2,1-2H3;1-2H3. The van der Waals surface area contributed by atoms with Gasteiger partial charge in [0.25, 0.3) is 0 Å². The van der Waals surface area contributed by atoms with E-state index in [9.17, 15) is 0 Å². The maximum Gasteiger partial charge on any atom is 0.00554 e. The summed E-state index contributed by atoms with van der Waals surface area (Å²) in [6.07, 6.45) is 0.889. The van der Waals surface area contributed by atoms with Crippen molar-refractivity contribution >= 4 is 5.71 Å². The molecule has 1 N–H and O–H groups in total. The van der Waals surface area contributed by atoms with Gasteiger partial charge in [0.1, 0.15) is 0 Å². The van der Waals surface area contributed by atoms with Crippen molar-refractivity contribution in [1.29, 1.82) is 5.41 Å². The fourth-order valence-electron chi connectivity index (χ4n) is 0. The molecule has 0 fully saturated rings. The van der Waals surface area contributed by atoms with Gasteiger partial charge in [-0.2, -0.15) is 0 Å².